The van der Waals surface area contributed by atoms with E-state index in [4.69, 9.17) is 0 Å². The zero-order valence-electron chi connectivity index (χ0n) is 11.6. The van der Waals surface area contributed by atoms with E-state index in [-0.39, 0.29) is 11.6 Å². The van der Waals surface area contributed by atoms with Gasteiger partial charge in [-0.2, -0.15) is 0 Å². The highest BCUT2D eigenvalue weighted by atomic mass is 16.1. The molecule has 4 nitrogen and oxygen atoms in total. The van der Waals surface area contributed by atoms with Crippen molar-refractivity contribution < 1.29 is 9.59 Å². The van der Waals surface area contributed by atoms with Crippen LogP contribution in [0.4, 0.5) is 0 Å². The Kier molecular flexibility index (Phi) is 2.06. The number of carbonyl (C=O) groups is 2. The predicted octanol–water partition coefficient (Wildman–Crippen LogP) is 1.38. The smallest absolute Gasteiger partial charge is 0.171 e. The summed E-state index contributed by atoms with van der Waals surface area (Å²) in [4.78, 5) is 32.0. The van der Waals surface area contributed by atoms with E-state index < -0.39 is 11.8 Å². The average molecular weight is 288 g/mol. The molecule has 1 aromatic carbocycles. The predicted molar refractivity (Wildman–Crippen MR) is 82.9 cm³/mol. The highest BCUT2D eigenvalue weighted by Crippen LogP contribution is 2.35. The van der Waals surface area contributed by atoms with E-state index in [0.717, 1.165) is 21.5 Å². The second-order valence-electron chi connectivity index (χ2n) is 5.92. The zero-order valence-corrected chi connectivity index (χ0v) is 11.6. The molecule has 0 spiro atoms. The van der Waals surface area contributed by atoms with Crippen molar-refractivity contribution in [2.45, 2.75) is 0 Å². The van der Waals surface area contributed by atoms with Crippen LogP contribution in [-0.4, -0.2) is 21.5 Å². The molecule has 0 saturated carbocycles. The van der Waals surface area contributed by atoms with Crippen LogP contribution in [0.2, 0.25) is 0 Å². The first-order valence-electron chi connectivity index (χ1n) is 7.29. The van der Waals surface area contributed by atoms with Gasteiger partial charge < -0.3 is 9.97 Å². The molecule has 5 rings (SSSR count). The van der Waals surface area contributed by atoms with Gasteiger partial charge in [-0.3, -0.25) is 9.59 Å². The Hall–Kier alpha value is -2.88. The molecule has 2 heterocycles. The van der Waals surface area contributed by atoms with Crippen molar-refractivity contribution in [2.75, 3.05) is 0 Å². The minimum Gasteiger partial charge on any atom is -0.361 e. The first-order valence-corrected chi connectivity index (χ1v) is 7.29. The van der Waals surface area contributed by atoms with Crippen LogP contribution in [0, 0.1) is 11.8 Å². The number of benzene rings is 1. The molecule has 22 heavy (non-hydrogen) atoms. The van der Waals surface area contributed by atoms with E-state index >= 15 is 0 Å². The summed E-state index contributed by atoms with van der Waals surface area (Å²) in [6.45, 7) is 0. The van der Waals surface area contributed by atoms with Gasteiger partial charge in [-0.05, 0) is 35.6 Å². The van der Waals surface area contributed by atoms with Crippen molar-refractivity contribution >= 4 is 34.6 Å². The summed E-state index contributed by atoms with van der Waals surface area (Å²) in [6.07, 6.45) is 7.46. The van der Waals surface area contributed by atoms with Crippen LogP contribution in [-0.2, 0) is 0 Å². The van der Waals surface area contributed by atoms with Crippen molar-refractivity contribution in [3.8, 4) is 0 Å². The lowest BCUT2D eigenvalue weighted by molar-refractivity contribution is 0.0820. The molecule has 2 aliphatic rings. The Morgan fingerprint density at radius 2 is 1.55 bits per heavy atom. The third-order valence-corrected chi connectivity index (χ3v) is 4.73. The third-order valence-electron chi connectivity index (χ3n) is 4.73. The standard InChI is InChI=1S/C18H12N2O2/c21-17-11-5-9-1-3-19-15(9)7-13(11)18(22)12-6-10-2-4-20-16(10)8-14(12)17/h1-8,11,13,19-20H. The van der Waals surface area contributed by atoms with Crippen LogP contribution in [0.1, 0.15) is 20.7 Å². The number of hydrogen-bond donors (Lipinski definition) is 2. The maximum Gasteiger partial charge on any atom is 0.171 e. The molecule has 2 unspecified atom stereocenters. The summed E-state index contributed by atoms with van der Waals surface area (Å²) in [5.41, 5.74) is 1.96. The zero-order chi connectivity index (χ0) is 14.8. The normalized spacial score (nSPS) is 22.5. The van der Waals surface area contributed by atoms with Crippen LogP contribution in [0.15, 0.2) is 36.7 Å². The topological polar surface area (TPSA) is 65.7 Å². The second-order valence-corrected chi connectivity index (χ2v) is 5.92. The fraction of sp³-hybridized carbons (Fsp3) is 0.111. The van der Waals surface area contributed by atoms with E-state index in [1.165, 1.54) is 0 Å². The lowest BCUT2D eigenvalue weighted by Gasteiger charge is -2.28. The van der Waals surface area contributed by atoms with Crippen LogP contribution >= 0.6 is 0 Å². The van der Waals surface area contributed by atoms with E-state index in [1.807, 2.05) is 48.8 Å². The molecule has 2 aromatic heterocycles. The molecule has 3 aromatic rings. The summed E-state index contributed by atoms with van der Waals surface area (Å²) >= 11 is 0. The molecule has 2 aliphatic carbocycles. The molecule has 4 heteroatoms. The number of nitrogens with one attached hydrogen (secondary N) is 2. The number of aromatic nitrogens is 2. The quantitative estimate of drug-likeness (QED) is 0.656. The Bertz CT molecular complexity index is 1000. The monoisotopic (exact) mass is 288 g/mol. The van der Waals surface area contributed by atoms with Gasteiger partial charge in [-0.1, -0.05) is 6.08 Å². The molecule has 0 saturated heterocycles. The summed E-state index contributed by atoms with van der Waals surface area (Å²) in [7, 11) is 0. The molecular formula is C18H12N2O2. The summed E-state index contributed by atoms with van der Waals surface area (Å²) in [5.74, 6) is -0.739. The third kappa shape index (κ3) is 1.36. The fourth-order valence-electron chi connectivity index (χ4n) is 3.61. The second kappa shape index (κ2) is 3.85. The van der Waals surface area contributed by atoms with E-state index in [0.29, 0.717) is 11.1 Å². The van der Waals surface area contributed by atoms with Crippen LogP contribution in [0.25, 0.3) is 23.1 Å². The van der Waals surface area contributed by atoms with Crippen LogP contribution in [0.3, 0.4) is 0 Å². The number of ketones is 2. The van der Waals surface area contributed by atoms with Gasteiger partial charge in [0.1, 0.15) is 0 Å². The number of Topliss-reactive ketones (excluding diaryl/α,β-unsaturated/α-hetero) is 2. The maximum absolute atomic E-state index is 12.9. The van der Waals surface area contributed by atoms with Crippen molar-refractivity contribution in [2.24, 2.45) is 11.8 Å². The Morgan fingerprint density at radius 1 is 0.818 bits per heavy atom. The van der Waals surface area contributed by atoms with E-state index in [9.17, 15) is 9.59 Å². The summed E-state index contributed by atoms with van der Waals surface area (Å²) in [5, 5.41) is 2.87. The van der Waals surface area contributed by atoms with Gasteiger partial charge in [-0.15, -0.1) is 0 Å². The first kappa shape index (κ1) is 11.7. The van der Waals surface area contributed by atoms with Gasteiger partial charge in [0.15, 0.2) is 11.6 Å². The molecule has 2 atom stereocenters. The van der Waals surface area contributed by atoms with Gasteiger partial charge in [0.25, 0.3) is 0 Å². The van der Waals surface area contributed by atoms with Crippen LogP contribution in [0.5, 0.6) is 0 Å². The largest absolute Gasteiger partial charge is 0.361 e. The van der Waals surface area contributed by atoms with Gasteiger partial charge in [0.05, 0.1) is 11.8 Å². The Morgan fingerprint density at radius 3 is 2.41 bits per heavy atom. The molecule has 0 bridgehead atoms. The van der Waals surface area contributed by atoms with Crippen LogP contribution < -0.4 is 10.6 Å². The average Bonchev–Trinajstić information content (AvgIpc) is 3.17. The van der Waals surface area contributed by atoms with Gasteiger partial charge in [-0.25, -0.2) is 0 Å². The van der Waals surface area contributed by atoms with Gasteiger partial charge in [0.2, 0.25) is 0 Å². The summed E-state index contributed by atoms with van der Waals surface area (Å²) in [6, 6.07) is 7.49. The highest BCUT2D eigenvalue weighted by molar-refractivity contribution is 6.21. The molecule has 2 N–H and O–H groups in total. The fourth-order valence-corrected chi connectivity index (χ4v) is 3.61. The molecular weight excluding hydrogens is 276 g/mol. The number of hydrogen-bond acceptors (Lipinski definition) is 2. The molecule has 0 aliphatic heterocycles. The Labute approximate surface area is 125 Å². The van der Waals surface area contributed by atoms with Gasteiger partial charge in [0, 0.05) is 39.8 Å². The Balaban J connectivity index is 1.81. The van der Waals surface area contributed by atoms with Crippen molar-refractivity contribution in [3.05, 3.63) is 58.4 Å². The first-order chi connectivity index (χ1) is 10.7. The lowest BCUT2D eigenvalue weighted by atomic mass is 9.72. The number of carbonyl (C=O) groups excluding carboxylic acids is 2. The number of rotatable bonds is 0. The lowest BCUT2D eigenvalue weighted by Crippen LogP contribution is -2.41. The SMILES string of the molecule is O=C1c2cc3cc[nH]c3cc2C(=O)C2C=c3cc[nH]c3=CC12. The molecule has 0 fully saturated rings. The molecule has 0 amide bonds. The highest BCUT2D eigenvalue weighted by Gasteiger charge is 2.40. The van der Waals surface area contributed by atoms with E-state index in [2.05, 4.69) is 9.97 Å². The van der Waals surface area contributed by atoms with Crippen molar-refractivity contribution in [1.29, 1.82) is 0 Å². The number of fused-ring (bicyclic) bond motifs is 4. The summed E-state index contributed by atoms with van der Waals surface area (Å²) < 4.78 is 0. The number of aromatic amines is 2. The minimum absolute atomic E-state index is 0.0270. The molecule has 0 radical (unpaired) electrons. The van der Waals surface area contributed by atoms with Gasteiger partial charge >= 0.3 is 0 Å². The number of H-pyrrole nitrogens is 2. The molecule has 106 valence electrons. The maximum atomic E-state index is 12.9. The van der Waals surface area contributed by atoms with Crippen molar-refractivity contribution in [1.82, 2.24) is 9.97 Å². The minimum atomic E-state index is -0.400. The van der Waals surface area contributed by atoms with E-state index in [1.54, 1.807) is 0 Å². The van der Waals surface area contributed by atoms with Crippen molar-refractivity contribution in [3.63, 3.8) is 0 Å².